The van der Waals surface area contributed by atoms with E-state index in [0.29, 0.717) is 49.0 Å². The van der Waals surface area contributed by atoms with Crippen molar-refractivity contribution in [1.29, 1.82) is 0 Å². The van der Waals surface area contributed by atoms with Gasteiger partial charge in [-0.15, -0.1) is 0 Å². The number of oxazole rings is 1. The van der Waals surface area contributed by atoms with Crippen molar-refractivity contribution in [3.05, 3.63) is 29.9 Å². The molecule has 0 bridgehead atoms. The lowest BCUT2D eigenvalue weighted by Crippen LogP contribution is -2.42. The summed E-state index contributed by atoms with van der Waals surface area (Å²) in [6, 6.07) is 3.51. The maximum atomic E-state index is 12.4. The van der Waals surface area contributed by atoms with E-state index in [4.69, 9.17) is 14.6 Å². The molecule has 0 unspecified atom stereocenters. The first-order valence-electron chi connectivity index (χ1n) is 7.62. The van der Waals surface area contributed by atoms with Crippen LogP contribution in [0.1, 0.15) is 24.3 Å². The first-order valence-corrected chi connectivity index (χ1v) is 7.62. The van der Waals surface area contributed by atoms with Crippen LogP contribution in [0, 0.1) is 12.8 Å². The van der Waals surface area contributed by atoms with Gasteiger partial charge in [-0.25, -0.2) is 4.98 Å². The van der Waals surface area contributed by atoms with Crippen molar-refractivity contribution < 1.29 is 18.4 Å². The molecule has 0 radical (unpaired) electrons. The Morgan fingerprint density at radius 1 is 1.39 bits per heavy atom. The Morgan fingerprint density at radius 3 is 2.74 bits per heavy atom. The Bertz CT molecular complexity index is 697. The van der Waals surface area contributed by atoms with Crippen molar-refractivity contribution in [2.45, 2.75) is 26.2 Å². The largest absolute Gasteiger partial charge is 0.459 e. The van der Waals surface area contributed by atoms with Gasteiger partial charge in [0.2, 0.25) is 11.8 Å². The van der Waals surface area contributed by atoms with E-state index >= 15 is 0 Å². The lowest BCUT2D eigenvalue weighted by Gasteiger charge is -2.30. The molecule has 1 aliphatic heterocycles. The number of primary amides is 1. The lowest BCUT2D eigenvalue weighted by atomic mass is 9.96. The third-order valence-electron chi connectivity index (χ3n) is 4.19. The van der Waals surface area contributed by atoms with Crippen LogP contribution in [-0.2, 0) is 16.0 Å². The average Bonchev–Trinajstić information content (AvgIpc) is 3.18. The molecule has 1 fully saturated rings. The molecule has 0 spiro atoms. The van der Waals surface area contributed by atoms with Gasteiger partial charge >= 0.3 is 0 Å². The monoisotopic (exact) mass is 317 g/mol. The number of carbonyl (C=O) groups is 2. The van der Waals surface area contributed by atoms with Crippen molar-refractivity contribution in [2.75, 3.05) is 13.1 Å². The highest BCUT2D eigenvalue weighted by atomic mass is 16.4. The third-order valence-corrected chi connectivity index (χ3v) is 4.19. The summed E-state index contributed by atoms with van der Waals surface area (Å²) in [7, 11) is 0. The number of nitrogens with two attached hydrogens (primary N) is 1. The van der Waals surface area contributed by atoms with E-state index < -0.39 is 0 Å². The number of likely N-dealkylation sites (tertiary alicyclic amines) is 1. The Morgan fingerprint density at radius 2 is 2.13 bits per heavy atom. The maximum Gasteiger partial charge on any atom is 0.263 e. The number of nitrogens with zero attached hydrogens (tertiary/aromatic N) is 2. The summed E-state index contributed by atoms with van der Waals surface area (Å²) < 4.78 is 10.8. The van der Waals surface area contributed by atoms with E-state index in [2.05, 4.69) is 4.98 Å². The van der Waals surface area contributed by atoms with Crippen molar-refractivity contribution >= 4 is 11.8 Å². The zero-order valence-corrected chi connectivity index (χ0v) is 12.9. The number of furan rings is 1. The molecule has 3 heterocycles. The van der Waals surface area contributed by atoms with Crippen LogP contribution in [0.25, 0.3) is 11.7 Å². The van der Waals surface area contributed by atoms with Crippen LogP contribution < -0.4 is 5.73 Å². The van der Waals surface area contributed by atoms with Gasteiger partial charge < -0.3 is 19.5 Å². The van der Waals surface area contributed by atoms with Crippen LogP contribution >= 0.6 is 0 Å². The van der Waals surface area contributed by atoms with Crippen LogP contribution in [0.4, 0.5) is 0 Å². The minimum absolute atomic E-state index is 0.0182. The van der Waals surface area contributed by atoms with E-state index in [9.17, 15) is 9.59 Å². The fraction of sp³-hybridized carbons (Fsp3) is 0.438. The quantitative estimate of drug-likeness (QED) is 0.920. The summed E-state index contributed by atoms with van der Waals surface area (Å²) in [6.07, 6.45) is 2.97. The molecule has 0 aromatic carbocycles. The molecule has 2 N–H and O–H groups in total. The van der Waals surface area contributed by atoms with E-state index in [1.807, 2.05) is 0 Å². The first kappa shape index (κ1) is 15.3. The molecular formula is C16H19N3O4. The number of carbonyl (C=O) groups excluding carboxylic acids is 2. The van der Waals surface area contributed by atoms with Gasteiger partial charge in [0.1, 0.15) is 5.76 Å². The summed E-state index contributed by atoms with van der Waals surface area (Å²) in [5, 5.41) is 0. The van der Waals surface area contributed by atoms with Gasteiger partial charge in [0.25, 0.3) is 5.89 Å². The standard InChI is InChI=1S/C16H19N3O4/c1-10-12(18-16(23-10)13-3-2-8-22-13)9-14(20)19-6-4-11(5-7-19)15(17)21/h2-3,8,11H,4-7,9H2,1H3,(H2,17,21). The zero-order valence-electron chi connectivity index (χ0n) is 12.9. The van der Waals surface area contributed by atoms with Crippen LogP contribution in [0.3, 0.4) is 0 Å². The van der Waals surface area contributed by atoms with Crippen molar-refractivity contribution in [3.8, 4) is 11.7 Å². The molecule has 122 valence electrons. The first-order chi connectivity index (χ1) is 11.0. The number of piperidine rings is 1. The van der Waals surface area contributed by atoms with Crippen LogP contribution in [-0.4, -0.2) is 34.8 Å². The van der Waals surface area contributed by atoms with Crippen LogP contribution in [0.15, 0.2) is 27.2 Å². The normalized spacial score (nSPS) is 15.8. The molecule has 0 aliphatic carbocycles. The van der Waals surface area contributed by atoms with E-state index in [0.717, 1.165) is 0 Å². The van der Waals surface area contributed by atoms with Crippen molar-refractivity contribution in [1.82, 2.24) is 9.88 Å². The fourth-order valence-corrected chi connectivity index (χ4v) is 2.77. The summed E-state index contributed by atoms with van der Waals surface area (Å²) in [5.74, 6) is 1.09. The number of aryl methyl sites for hydroxylation is 1. The fourth-order valence-electron chi connectivity index (χ4n) is 2.77. The Labute approximate surface area is 133 Å². The second kappa shape index (κ2) is 6.28. The molecule has 1 aliphatic rings. The topological polar surface area (TPSA) is 103 Å². The predicted molar refractivity (Wildman–Crippen MR) is 81.1 cm³/mol. The summed E-state index contributed by atoms with van der Waals surface area (Å²) in [6.45, 7) is 2.88. The molecule has 2 aromatic rings. The molecule has 0 atom stereocenters. The smallest absolute Gasteiger partial charge is 0.263 e. The number of rotatable bonds is 4. The van der Waals surface area contributed by atoms with Gasteiger partial charge in [-0.2, -0.15) is 0 Å². The summed E-state index contributed by atoms with van der Waals surface area (Å²) >= 11 is 0. The molecule has 0 saturated carbocycles. The number of hydrogen-bond acceptors (Lipinski definition) is 5. The van der Waals surface area contributed by atoms with Crippen molar-refractivity contribution in [2.24, 2.45) is 11.7 Å². The lowest BCUT2D eigenvalue weighted by molar-refractivity contribution is -0.134. The molecule has 7 heteroatoms. The second-order valence-corrected chi connectivity index (χ2v) is 5.73. The Balaban J connectivity index is 1.64. The number of hydrogen-bond donors (Lipinski definition) is 1. The van der Waals surface area contributed by atoms with Gasteiger partial charge in [0, 0.05) is 19.0 Å². The molecule has 2 amide bonds. The molecule has 3 rings (SSSR count). The maximum absolute atomic E-state index is 12.4. The Kier molecular flexibility index (Phi) is 4.18. The SMILES string of the molecule is Cc1oc(-c2ccco2)nc1CC(=O)N1CCC(C(N)=O)CC1. The van der Waals surface area contributed by atoms with E-state index in [1.54, 1.807) is 30.2 Å². The van der Waals surface area contributed by atoms with Gasteiger partial charge in [0.05, 0.1) is 18.4 Å². The summed E-state index contributed by atoms with van der Waals surface area (Å²) in [5.41, 5.74) is 5.92. The Hall–Kier alpha value is -2.57. The summed E-state index contributed by atoms with van der Waals surface area (Å²) in [4.78, 5) is 29.7. The minimum atomic E-state index is -0.285. The molecule has 7 nitrogen and oxygen atoms in total. The molecule has 1 saturated heterocycles. The predicted octanol–water partition coefficient (Wildman–Crippen LogP) is 1.51. The van der Waals surface area contributed by atoms with Gasteiger partial charge in [-0.05, 0) is 31.9 Å². The van der Waals surface area contributed by atoms with Gasteiger partial charge in [-0.3, -0.25) is 9.59 Å². The molecule has 2 aromatic heterocycles. The van der Waals surface area contributed by atoms with E-state index in [-0.39, 0.29) is 24.2 Å². The minimum Gasteiger partial charge on any atom is -0.459 e. The highest BCUT2D eigenvalue weighted by Gasteiger charge is 2.27. The van der Waals surface area contributed by atoms with Crippen LogP contribution in [0.5, 0.6) is 0 Å². The average molecular weight is 317 g/mol. The van der Waals surface area contributed by atoms with Crippen LogP contribution in [0.2, 0.25) is 0 Å². The number of amides is 2. The van der Waals surface area contributed by atoms with Crippen molar-refractivity contribution in [3.63, 3.8) is 0 Å². The highest BCUT2D eigenvalue weighted by Crippen LogP contribution is 2.23. The third kappa shape index (κ3) is 3.28. The van der Waals surface area contributed by atoms with E-state index in [1.165, 1.54) is 0 Å². The number of aromatic nitrogens is 1. The highest BCUT2D eigenvalue weighted by molar-refractivity contribution is 5.80. The second-order valence-electron chi connectivity index (χ2n) is 5.73. The van der Waals surface area contributed by atoms with Gasteiger partial charge in [-0.1, -0.05) is 0 Å². The molecular weight excluding hydrogens is 298 g/mol. The zero-order chi connectivity index (χ0) is 16.4. The van der Waals surface area contributed by atoms with Gasteiger partial charge in [0.15, 0.2) is 5.76 Å². The molecule has 23 heavy (non-hydrogen) atoms.